The quantitative estimate of drug-likeness (QED) is 0.434. The van der Waals surface area contributed by atoms with Gasteiger partial charge in [0.05, 0.1) is 12.0 Å². The highest BCUT2D eigenvalue weighted by Crippen LogP contribution is 1.95. The van der Waals surface area contributed by atoms with Gasteiger partial charge in [-0.1, -0.05) is 11.3 Å². The van der Waals surface area contributed by atoms with Crippen LogP contribution in [0.15, 0.2) is 17.1 Å². The van der Waals surface area contributed by atoms with Crippen molar-refractivity contribution in [1.29, 1.82) is 5.41 Å². The standard InChI is InChI=1S/C9H15N2OS.BrH.ClH/c1-2-12-9(10)4-3-5-11-6-7-13-8-11;;/h6-8,10H,2-5H2,1H3;2*1H/q+1;;/p-1. The second-order valence-electron chi connectivity index (χ2n) is 2.72. The number of halogens is 2. The summed E-state index contributed by atoms with van der Waals surface area (Å²) in [5, 5.41) is 9.44. The van der Waals surface area contributed by atoms with E-state index in [1.807, 2.05) is 12.3 Å². The predicted octanol–water partition coefficient (Wildman–Crippen LogP) is -0.745. The van der Waals surface area contributed by atoms with Gasteiger partial charge < -0.3 is 21.7 Å². The maximum atomic E-state index is 7.39. The van der Waals surface area contributed by atoms with Crippen molar-refractivity contribution in [3.63, 3.8) is 0 Å². The molecule has 0 atom stereocenters. The van der Waals surface area contributed by atoms with Gasteiger partial charge in [-0.2, -0.15) is 4.57 Å². The maximum Gasteiger partial charge on any atom is 0.224 e. The minimum atomic E-state index is 0. The molecule has 0 amide bonds. The van der Waals surface area contributed by atoms with Crippen LogP contribution in [0.2, 0.25) is 0 Å². The molecule has 1 aromatic heterocycles. The van der Waals surface area contributed by atoms with Gasteiger partial charge in [0.2, 0.25) is 5.51 Å². The van der Waals surface area contributed by atoms with Crippen LogP contribution in [0.1, 0.15) is 19.8 Å². The highest BCUT2D eigenvalue weighted by atomic mass is 79.9. The molecule has 0 spiro atoms. The molecular formula is C9H16BrClN2OS. The minimum absolute atomic E-state index is 0. The van der Waals surface area contributed by atoms with Crippen molar-refractivity contribution < 1.29 is 26.3 Å². The fraction of sp³-hybridized carbons (Fsp3) is 0.556. The molecule has 0 saturated carbocycles. The third kappa shape index (κ3) is 7.76. The molecule has 1 N–H and O–H groups in total. The highest BCUT2D eigenvalue weighted by molar-refractivity contribution is 7.07. The van der Waals surface area contributed by atoms with Gasteiger partial charge >= 0.3 is 0 Å². The normalized spacial score (nSPS) is 8.60. The molecule has 0 aromatic carbocycles. The van der Waals surface area contributed by atoms with Crippen LogP contribution in [0, 0.1) is 5.41 Å². The molecule has 1 rings (SSSR count). The molecule has 0 aliphatic carbocycles. The lowest BCUT2D eigenvalue weighted by molar-refractivity contribution is -0.692. The third-order valence-corrected chi connectivity index (χ3v) is 2.34. The summed E-state index contributed by atoms with van der Waals surface area (Å²) in [6, 6.07) is 0. The number of hydrogen-bond acceptors (Lipinski definition) is 3. The molecule has 88 valence electrons. The number of ether oxygens (including phenoxy) is 1. The van der Waals surface area contributed by atoms with Crippen LogP contribution < -0.4 is 21.5 Å². The average molecular weight is 316 g/mol. The molecular weight excluding hydrogens is 300 g/mol. The summed E-state index contributed by atoms with van der Waals surface area (Å²) in [5.74, 6) is 0.401. The molecule has 0 aliphatic rings. The molecule has 0 fully saturated rings. The summed E-state index contributed by atoms with van der Waals surface area (Å²) in [7, 11) is 0. The van der Waals surface area contributed by atoms with Crippen molar-refractivity contribution in [2.75, 3.05) is 6.61 Å². The van der Waals surface area contributed by atoms with Crippen LogP contribution >= 0.6 is 23.7 Å². The van der Waals surface area contributed by atoms with Gasteiger partial charge in [-0.25, -0.2) is 0 Å². The first-order valence-electron chi connectivity index (χ1n) is 4.44. The van der Waals surface area contributed by atoms with Crippen LogP contribution in [-0.2, 0) is 11.3 Å². The topological polar surface area (TPSA) is 37.0 Å². The maximum absolute atomic E-state index is 7.39. The van der Waals surface area contributed by atoms with Crippen molar-refractivity contribution in [3.05, 3.63) is 17.1 Å². The van der Waals surface area contributed by atoms with Crippen LogP contribution in [0.5, 0.6) is 0 Å². The van der Waals surface area contributed by atoms with Gasteiger partial charge in [0, 0.05) is 12.8 Å². The van der Waals surface area contributed by atoms with E-state index in [2.05, 4.69) is 16.3 Å². The number of nitrogens with zero attached hydrogens (tertiary/aromatic N) is 1. The van der Waals surface area contributed by atoms with Crippen LogP contribution in [0.3, 0.4) is 0 Å². The number of aromatic nitrogens is 1. The van der Waals surface area contributed by atoms with Crippen molar-refractivity contribution in [2.45, 2.75) is 26.3 Å². The molecule has 0 radical (unpaired) electrons. The fourth-order valence-electron chi connectivity index (χ4n) is 1.06. The zero-order chi connectivity index (χ0) is 9.52. The second kappa shape index (κ2) is 10.4. The van der Waals surface area contributed by atoms with Gasteiger partial charge in [-0.05, 0) is 6.92 Å². The van der Waals surface area contributed by atoms with Crippen molar-refractivity contribution >= 4 is 29.6 Å². The summed E-state index contributed by atoms with van der Waals surface area (Å²) in [5.41, 5.74) is 2.07. The minimum Gasteiger partial charge on any atom is -1.00 e. The van der Waals surface area contributed by atoms with Gasteiger partial charge in [-0.15, -0.1) is 12.4 Å². The molecule has 1 heterocycles. The molecule has 3 nitrogen and oxygen atoms in total. The number of rotatable bonds is 5. The second-order valence-corrected chi connectivity index (χ2v) is 3.48. The smallest absolute Gasteiger partial charge is 0.224 e. The molecule has 0 saturated heterocycles. The van der Waals surface area contributed by atoms with E-state index in [9.17, 15) is 0 Å². The van der Waals surface area contributed by atoms with Gasteiger partial charge in [0.1, 0.15) is 6.54 Å². The zero-order valence-corrected chi connectivity index (χ0v) is 11.8. The Balaban J connectivity index is 0. The van der Waals surface area contributed by atoms with E-state index >= 15 is 0 Å². The van der Waals surface area contributed by atoms with E-state index in [-0.39, 0.29) is 29.4 Å². The fourth-order valence-corrected chi connectivity index (χ4v) is 1.69. The van der Waals surface area contributed by atoms with E-state index in [4.69, 9.17) is 10.1 Å². The summed E-state index contributed by atoms with van der Waals surface area (Å²) >= 11 is 1.69. The summed E-state index contributed by atoms with van der Waals surface area (Å²) in [6.45, 7) is 3.48. The number of hydrogen-bond donors (Lipinski definition) is 1. The molecule has 0 unspecified atom stereocenters. The first kappa shape index (κ1) is 17.3. The van der Waals surface area contributed by atoms with Crippen LogP contribution in [-0.4, -0.2) is 12.5 Å². The van der Waals surface area contributed by atoms with Crippen molar-refractivity contribution in [2.24, 2.45) is 0 Å². The first-order chi connectivity index (χ1) is 6.33. The molecule has 6 heteroatoms. The average Bonchev–Trinajstić information content (AvgIpc) is 2.57. The van der Waals surface area contributed by atoms with Crippen molar-refractivity contribution in [3.8, 4) is 0 Å². The molecule has 15 heavy (non-hydrogen) atoms. The Morgan fingerprint density at radius 3 is 2.80 bits per heavy atom. The number of nitrogens with one attached hydrogen (secondary N) is 1. The zero-order valence-electron chi connectivity index (χ0n) is 8.61. The Morgan fingerprint density at radius 2 is 2.27 bits per heavy atom. The van der Waals surface area contributed by atoms with E-state index in [1.54, 1.807) is 11.3 Å². The van der Waals surface area contributed by atoms with E-state index in [0.717, 1.165) is 19.4 Å². The van der Waals surface area contributed by atoms with E-state index in [1.165, 1.54) is 0 Å². The summed E-state index contributed by atoms with van der Waals surface area (Å²) < 4.78 is 7.17. The van der Waals surface area contributed by atoms with Gasteiger partial charge in [0.15, 0.2) is 12.1 Å². The van der Waals surface area contributed by atoms with Gasteiger partial charge in [0.25, 0.3) is 0 Å². The van der Waals surface area contributed by atoms with Crippen LogP contribution in [0.25, 0.3) is 0 Å². The monoisotopic (exact) mass is 314 g/mol. The largest absolute Gasteiger partial charge is 1.00 e. The Labute approximate surface area is 111 Å². The Kier molecular flexibility index (Phi) is 12.0. The first-order valence-corrected chi connectivity index (χ1v) is 5.38. The highest BCUT2D eigenvalue weighted by Gasteiger charge is 2.02. The predicted molar refractivity (Wildman–Crippen MR) is 60.3 cm³/mol. The van der Waals surface area contributed by atoms with E-state index < -0.39 is 0 Å². The molecule has 1 aromatic rings. The summed E-state index contributed by atoms with van der Waals surface area (Å²) in [4.78, 5) is 0. The Hall–Kier alpha value is -0.130. The lowest BCUT2D eigenvalue weighted by Gasteiger charge is -2.01. The third-order valence-electron chi connectivity index (χ3n) is 1.67. The van der Waals surface area contributed by atoms with E-state index in [0.29, 0.717) is 12.5 Å². The van der Waals surface area contributed by atoms with Crippen molar-refractivity contribution in [1.82, 2.24) is 0 Å². The molecule has 0 bridgehead atoms. The summed E-state index contributed by atoms with van der Waals surface area (Å²) in [6.07, 6.45) is 3.76. The van der Waals surface area contributed by atoms with Gasteiger partial charge in [-0.3, -0.25) is 5.41 Å². The van der Waals surface area contributed by atoms with Crippen LogP contribution in [0.4, 0.5) is 0 Å². The number of thiazole rings is 1. The lowest BCUT2D eigenvalue weighted by Crippen LogP contribution is -3.00. The Bertz CT molecular complexity index is 257. The lowest BCUT2D eigenvalue weighted by atomic mass is 10.3. The number of aryl methyl sites for hydroxylation is 1. The SMILES string of the molecule is CCOC(=N)CCC[n+]1ccsc1.Cl.[Br-]. The Morgan fingerprint density at radius 1 is 1.53 bits per heavy atom. The molecule has 0 aliphatic heterocycles.